The van der Waals surface area contributed by atoms with Crippen molar-refractivity contribution in [3.05, 3.63) is 29.3 Å². The molecule has 1 atom stereocenters. The van der Waals surface area contributed by atoms with Crippen LogP contribution in [0.2, 0.25) is 0 Å². The summed E-state index contributed by atoms with van der Waals surface area (Å²) in [6.45, 7) is 7.29. The van der Waals surface area contributed by atoms with Crippen LogP contribution in [0.1, 0.15) is 57.2 Å². The van der Waals surface area contributed by atoms with Gasteiger partial charge in [0.1, 0.15) is 5.75 Å². The SMILES string of the molecule is CCN(C(=O)NC1CCc2c(O)cccc21)C1CC(C)(C)C1. The monoisotopic (exact) mass is 302 g/mol. The lowest BCUT2D eigenvalue weighted by molar-refractivity contribution is 0.0489. The van der Waals surface area contributed by atoms with Gasteiger partial charge < -0.3 is 15.3 Å². The van der Waals surface area contributed by atoms with Gasteiger partial charge in [0.2, 0.25) is 0 Å². The summed E-state index contributed by atoms with van der Waals surface area (Å²) in [7, 11) is 0. The summed E-state index contributed by atoms with van der Waals surface area (Å²) in [6, 6.07) is 6.00. The Balaban J connectivity index is 1.67. The summed E-state index contributed by atoms with van der Waals surface area (Å²) < 4.78 is 0. The fourth-order valence-corrected chi connectivity index (χ4v) is 4.02. The zero-order valence-corrected chi connectivity index (χ0v) is 13.7. The van der Waals surface area contributed by atoms with Gasteiger partial charge in [0.15, 0.2) is 0 Å². The predicted octanol–water partition coefficient (Wildman–Crippen LogP) is 3.60. The van der Waals surface area contributed by atoms with Crippen LogP contribution in [0.15, 0.2) is 18.2 Å². The van der Waals surface area contributed by atoms with E-state index < -0.39 is 0 Å². The zero-order valence-electron chi connectivity index (χ0n) is 13.7. The van der Waals surface area contributed by atoms with Crippen LogP contribution in [0.4, 0.5) is 4.79 Å². The third kappa shape index (κ3) is 2.67. The zero-order chi connectivity index (χ0) is 15.9. The van der Waals surface area contributed by atoms with Crippen molar-refractivity contribution < 1.29 is 9.90 Å². The number of phenolic OH excluding ortho intramolecular Hbond substituents is 1. The van der Waals surface area contributed by atoms with Crippen molar-refractivity contribution >= 4 is 6.03 Å². The topological polar surface area (TPSA) is 52.6 Å². The van der Waals surface area contributed by atoms with Gasteiger partial charge in [-0.15, -0.1) is 0 Å². The normalized spacial score (nSPS) is 22.8. The number of fused-ring (bicyclic) bond motifs is 1. The number of aromatic hydroxyl groups is 1. The lowest BCUT2D eigenvalue weighted by atomic mass is 9.68. The van der Waals surface area contributed by atoms with Crippen molar-refractivity contribution in [1.29, 1.82) is 0 Å². The molecule has 1 aromatic carbocycles. The van der Waals surface area contributed by atoms with Crippen molar-refractivity contribution in [2.75, 3.05) is 6.54 Å². The van der Waals surface area contributed by atoms with E-state index in [1.54, 1.807) is 6.07 Å². The summed E-state index contributed by atoms with van der Waals surface area (Å²) in [5.74, 6) is 0.349. The van der Waals surface area contributed by atoms with Crippen LogP contribution in [-0.4, -0.2) is 28.6 Å². The molecule has 4 heteroatoms. The quantitative estimate of drug-likeness (QED) is 0.896. The Bertz CT molecular complexity index is 574. The van der Waals surface area contributed by atoms with E-state index in [4.69, 9.17) is 0 Å². The Morgan fingerprint density at radius 3 is 2.77 bits per heavy atom. The molecule has 0 bridgehead atoms. The minimum Gasteiger partial charge on any atom is -0.508 e. The number of nitrogens with one attached hydrogen (secondary N) is 1. The van der Waals surface area contributed by atoms with Crippen LogP contribution in [0.3, 0.4) is 0 Å². The summed E-state index contributed by atoms with van der Waals surface area (Å²) >= 11 is 0. The minimum atomic E-state index is 0.0248. The van der Waals surface area contributed by atoms with Crippen molar-refractivity contribution in [1.82, 2.24) is 10.2 Å². The third-order valence-corrected chi connectivity index (χ3v) is 5.16. The number of phenols is 1. The van der Waals surface area contributed by atoms with Crippen LogP contribution >= 0.6 is 0 Å². The van der Waals surface area contributed by atoms with Gasteiger partial charge in [0, 0.05) is 12.6 Å². The van der Waals surface area contributed by atoms with Crippen LogP contribution in [0.5, 0.6) is 5.75 Å². The Kier molecular flexibility index (Phi) is 3.79. The second kappa shape index (κ2) is 5.49. The van der Waals surface area contributed by atoms with Crippen molar-refractivity contribution in [2.24, 2.45) is 5.41 Å². The molecule has 1 fully saturated rings. The van der Waals surface area contributed by atoms with E-state index in [-0.39, 0.29) is 12.1 Å². The largest absolute Gasteiger partial charge is 0.508 e. The summed E-state index contributed by atoms with van der Waals surface area (Å²) in [5.41, 5.74) is 2.42. The van der Waals surface area contributed by atoms with E-state index in [9.17, 15) is 9.90 Å². The van der Waals surface area contributed by atoms with Gasteiger partial charge in [-0.2, -0.15) is 0 Å². The van der Waals surface area contributed by atoms with Crippen molar-refractivity contribution in [3.8, 4) is 5.75 Å². The second-order valence-electron chi connectivity index (χ2n) is 7.40. The first kappa shape index (κ1) is 15.2. The van der Waals surface area contributed by atoms with Crippen molar-refractivity contribution in [3.63, 3.8) is 0 Å². The van der Waals surface area contributed by atoms with Gasteiger partial charge in [-0.25, -0.2) is 4.79 Å². The Morgan fingerprint density at radius 2 is 2.14 bits per heavy atom. The van der Waals surface area contributed by atoms with Crippen LogP contribution < -0.4 is 5.32 Å². The molecule has 2 aliphatic carbocycles. The van der Waals surface area contributed by atoms with Gasteiger partial charge >= 0.3 is 6.03 Å². The van der Waals surface area contributed by atoms with E-state index in [0.717, 1.165) is 43.4 Å². The number of hydrogen-bond acceptors (Lipinski definition) is 2. The summed E-state index contributed by atoms with van der Waals surface area (Å²) in [5, 5.41) is 13.1. The van der Waals surface area contributed by atoms with E-state index in [1.807, 2.05) is 24.0 Å². The van der Waals surface area contributed by atoms with E-state index in [1.165, 1.54) is 0 Å². The fourth-order valence-electron chi connectivity index (χ4n) is 4.02. The Morgan fingerprint density at radius 1 is 1.41 bits per heavy atom. The molecule has 0 spiro atoms. The first-order valence-electron chi connectivity index (χ1n) is 8.29. The first-order chi connectivity index (χ1) is 10.4. The van der Waals surface area contributed by atoms with E-state index in [0.29, 0.717) is 17.2 Å². The molecule has 2 N–H and O–H groups in total. The molecule has 1 aromatic rings. The minimum absolute atomic E-state index is 0.0248. The second-order valence-corrected chi connectivity index (χ2v) is 7.40. The average molecular weight is 302 g/mol. The van der Waals surface area contributed by atoms with Crippen LogP contribution in [0, 0.1) is 5.41 Å². The van der Waals surface area contributed by atoms with Gasteiger partial charge in [0.25, 0.3) is 0 Å². The number of rotatable bonds is 3. The van der Waals surface area contributed by atoms with E-state index in [2.05, 4.69) is 19.2 Å². The Hall–Kier alpha value is -1.71. The molecule has 0 aromatic heterocycles. The lowest BCUT2D eigenvalue weighted by Crippen LogP contribution is -2.54. The number of nitrogens with zero attached hydrogens (tertiary/aromatic N) is 1. The number of urea groups is 1. The van der Waals surface area contributed by atoms with Gasteiger partial charge in [0.05, 0.1) is 6.04 Å². The predicted molar refractivity (Wildman–Crippen MR) is 86.9 cm³/mol. The van der Waals surface area contributed by atoms with Gasteiger partial charge in [-0.3, -0.25) is 0 Å². The fraction of sp³-hybridized carbons (Fsp3) is 0.611. The maximum atomic E-state index is 12.6. The van der Waals surface area contributed by atoms with Crippen LogP contribution in [0.25, 0.3) is 0 Å². The molecule has 120 valence electrons. The smallest absolute Gasteiger partial charge is 0.318 e. The molecule has 3 rings (SSSR count). The van der Waals surface area contributed by atoms with Gasteiger partial charge in [-0.05, 0) is 55.2 Å². The average Bonchev–Trinajstić information content (AvgIpc) is 2.82. The van der Waals surface area contributed by atoms with Gasteiger partial charge in [-0.1, -0.05) is 26.0 Å². The molecule has 2 amide bonds. The highest BCUT2D eigenvalue weighted by molar-refractivity contribution is 5.75. The third-order valence-electron chi connectivity index (χ3n) is 5.16. The molecule has 4 nitrogen and oxygen atoms in total. The van der Waals surface area contributed by atoms with E-state index >= 15 is 0 Å². The molecule has 0 saturated heterocycles. The standard InChI is InChI=1S/C18H26N2O2/c1-4-20(12-10-18(2,3)11-12)17(22)19-15-9-8-14-13(15)6-5-7-16(14)21/h5-7,12,15,21H,4,8-11H2,1-3H3,(H,19,22). The maximum Gasteiger partial charge on any atom is 0.318 e. The lowest BCUT2D eigenvalue weighted by Gasteiger charge is -2.48. The first-order valence-corrected chi connectivity index (χ1v) is 8.29. The summed E-state index contributed by atoms with van der Waals surface area (Å²) in [4.78, 5) is 14.6. The highest BCUT2D eigenvalue weighted by atomic mass is 16.3. The molecular formula is C18H26N2O2. The Labute approximate surface area is 132 Å². The van der Waals surface area contributed by atoms with Crippen LogP contribution in [-0.2, 0) is 6.42 Å². The molecule has 0 heterocycles. The summed E-state index contributed by atoms with van der Waals surface area (Å²) in [6.07, 6.45) is 3.86. The number of amides is 2. The van der Waals surface area contributed by atoms with Crippen molar-refractivity contribution in [2.45, 2.75) is 58.5 Å². The molecule has 1 saturated carbocycles. The number of carbonyl (C=O) groups excluding carboxylic acids is 1. The molecule has 2 aliphatic rings. The number of carbonyl (C=O) groups is 1. The molecular weight excluding hydrogens is 276 g/mol. The molecule has 22 heavy (non-hydrogen) atoms. The number of benzene rings is 1. The molecule has 0 radical (unpaired) electrons. The highest BCUT2D eigenvalue weighted by Crippen LogP contribution is 2.43. The number of hydrogen-bond donors (Lipinski definition) is 2. The highest BCUT2D eigenvalue weighted by Gasteiger charge is 2.41. The maximum absolute atomic E-state index is 12.6. The molecule has 0 aliphatic heterocycles. The molecule has 1 unspecified atom stereocenters.